The maximum absolute atomic E-state index is 13.7. The van der Waals surface area contributed by atoms with Crippen LogP contribution in [0.3, 0.4) is 0 Å². The maximum atomic E-state index is 13.7. The molecule has 0 bridgehead atoms. The van der Waals surface area contributed by atoms with Crippen molar-refractivity contribution >= 4 is 43.5 Å². The van der Waals surface area contributed by atoms with E-state index in [1.807, 2.05) is 6.07 Å². The Hall–Kier alpha value is -0.450. The Morgan fingerprint density at radius 1 is 1.00 bits per heavy atom. The molecule has 5 heteroatoms. The minimum Gasteiger partial charge on any atom is -0.207 e. The lowest BCUT2D eigenvalue weighted by molar-refractivity contribution is 0.559. The van der Waals surface area contributed by atoms with Gasteiger partial charge in [0.1, 0.15) is 11.6 Å². The van der Waals surface area contributed by atoms with Crippen LogP contribution in [0.1, 0.15) is 16.5 Å². The van der Waals surface area contributed by atoms with Crippen LogP contribution in [0, 0.1) is 11.6 Å². The molecule has 2 aromatic rings. The van der Waals surface area contributed by atoms with Crippen LogP contribution in [0.25, 0.3) is 0 Å². The Morgan fingerprint density at radius 2 is 1.61 bits per heavy atom. The minimum absolute atomic E-state index is 0.141. The predicted molar refractivity (Wildman–Crippen MR) is 75.9 cm³/mol. The fourth-order valence-electron chi connectivity index (χ4n) is 1.62. The molecule has 1 atom stereocenters. The first-order valence-electron chi connectivity index (χ1n) is 5.03. The van der Waals surface area contributed by atoms with Crippen molar-refractivity contribution in [2.24, 2.45) is 0 Å². The molecule has 0 radical (unpaired) electrons. The molecule has 0 fully saturated rings. The zero-order chi connectivity index (χ0) is 13.3. The van der Waals surface area contributed by atoms with Crippen LogP contribution in [0.2, 0.25) is 0 Å². The number of halogens is 5. The third kappa shape index (κ3) is 2.76. The molecule has 2 rings (SSSR count). The van der Waals surface area contributed by atoms with Crippen molar-refractivity contribution in [2.45, 2.75) is 5.38 Å². The van der Waals surface area contributed by atoms with E-state index in [2.05, 4.69) is 31.9 Å². The molecule has 0 aliphatic carbocycles. The van der Waals surface area contributed by atoms with Gasteiger partial charge in [0.15, 0.2) is 0 Å². The molecule has 0 saturated heterocycles. The van der Waals surface area contributed by atoms with Crippen LogP contribution < -0.4 is 0 Å². The van der Waals surface area contributed by atoms with Crippen LogP contribution in [0.5, 0.6) is 0 Å². The van der Waals surface area contributed by atoms with Crippen molar-refractivity contribution in [1.29, 1.82) is 0 Å². The Kier molecular flexibility index (Phi) is 4.41. The minimum atomic E-state index is -0.891. The average molecular weight is 396 g/mol. The lowest BCUT2D eigenvalue weighted by Crippen LogP contribution is -2.01. The highest BCUT2D eigenvalue weighted by atomic mass is 79.9. The molecule has 0 amide bonds. The van der Waals surface area contributed by atoms with Crippen molar-refractivity contribution in [1.82, 2.24) is 0 Å². The molecule has 18 heavy (non-hydrogen) atoms. The molecular formula is C13H7Br2ClF2. The fraction of sp³-hybridized carbons (Fsp3) is 0.0769. The summed E-state index contributed by atoms with van der Waals surface area (Å²) in [5.41, 5.74) is 0.466. The van der Waals surface area contributed by atoms with Crippen LogP contribution in [-0.2, 0) is 0 Å². The summed E-state index contributed by atoms with van der Waals surface area (Å²) in [5.74, 6) is -1.30. The number of hydrogen-bond donors (Lipinski definition) is 0. The van der Waals surface area contributed by atoms with Gasteiger partial charge in [0.2, 0.25) is 0 Å². The molecule has 0 spiro atoms. The summed E-state index contributed by atoms with van der Waals surface area (Å²) < 4.78 is 28.8. The molecule has 0 aliphatic heterocycles. The molecule has 0 aromatic heterocycles. The zero-order valence-electron chi connectivity index (χ0n) is 8.93. The van der Waals surface area contributed by atoms with Gasteiger partial charge in [-0.05, 0) is 35.9 Å². The van der Waals surface area contributed by atoms with Crippen molar-refractivity contribution in [3.05, 3.63) is 68.1 Å². The van der Waals surface area contributed by atoms with Gasteiger partial charge in [-0.15, -0.1) is 11.6 Å². The van der Waals surface area contributed by atoms with E-state index in [1.54, 1.807) is 12.1 Å². The molecule has 0 N–H and O–H groups in total. The summed E-state index contributed by atoms with van der Waals surface area (Å²) in [6.07, 6.45) is 0. The Labute approximate surface area is 125 Å². The van der Waals surface area contributed by atoms with E-state index in [0.29, 0.717) is 10.0 Å². The quantitative estimate of drug-likeness (QED) is 0.561. The number of rotatable bonds is 2. The Bertz CT molecular complexity index is 567. The monoisotopic (exact) mass is 394 g/mol. The first-order valence-corrected chi connectivity index (χ1v) is 7.06. The average Bonchev–Trinajstić information content (AvgIpc) is 2.32. The van der Waals surface area contributed by atoms with Gasteiger partial charge in [-0.3, -0.25) is 0 Å². The second-order valence-corrected chi connectivity index (χ2v) is 5.87. The van der Waals surface area contributed by atoms with Gasteiger partial charge < -0.3 is 0 Å². The number of hydrogen-bond acceptors (Lipinski definition) is 0. The van der Waals surface area contributed by atoms with Crippen molar-refractivity contribution in [3.63, 3.8) is 0 Å². The highest BCUT2D eigenvalue weighted by Gasteiger charge is 2.21. The normalized spacial score (nSPS) is 12.5. The van der Waals surface area contributed by atoms with E-state index in [4.69, 9.17) is 11.6 Å². The Morgan fingerprint density at radius 3 is 2.22 bits per heavy atom. The molecule has 0 saturated carbocycles. The first-order chi connectivity index (χ1) is 8.50. The van der Waals surface area contributed by atoms with Gasteiger partial charge in [0.25, 0.3) is 0 Å². The smallest absolute Gasteiger partial charge is 0.131 e. The first kappa shape index (κ1) is 14.0. The SMILES string of the molecule is Fc1cccc(F)c1C(Cl)c1cc(Br)ccc1Br. The predicted octanol–water partition coefficient (Wildman–Crippen LogP) is 5.82. The topological polar surface area (TPSA) is 0 Å². The van der Waals surface area contributed by atoms with Crippen molar-refractivity contribution in [3.8, 4) is 0 Å². The summed E-state index contributed by atoms with van der Waals surface area (Å²) in [5, 5.41) is -0.891. The summed E-state index contributed by atoms with van der Waals surface area (Å²) in [4.78, 5) is 0. The van der Waals surface area contributed by atoms with E-state index in [1.165, 1.54) is 18.2 Å². The number of benzene rings is 2. The van der Waals surface area contributed by atoms with Crippen molar-refractivity contribution in [2.75, 3.05) is 0 Å². The van der Waals surface area contributed by atoms with Gasteiger partial charge in [-0.2, -0.15) is 0 Å². The highest BCUT2D eigenvalue weighted by molar-refractivity contribution is 9.11. The molecule has 0 nitrogen and oxygen atoms in total. The van der Waals surface area contributed by atoms with E-state index < -0.39 is 17.0 Å². The highest BCUT2D eigenvalue weighted by Crippen LogP contribution is 2.37. The Balaban J connectivity index is 2.54. The molecular weight excluding hydrogens is 389 g/mol. The van der Waals surface area contributed by atoms with Crippen LogP contribution >= 0.6 is 43.5 Å². The van der Waals surface area contributed by atoms with Crippen molar-refractivity contribution < 1.29 is 8.78 Å². The summed E-state index contributed by atoms with van der Waals surface area (Å²) >= 11 is 12.8. The van der Waals surface area contributed by atoms with E-state index in [0.717, 1.165) is 4.47 Å². The largest absolute Gasteiger partial charge is 0.207 e. The van der Waals surface area contributed by atoms with E-state index in [9.17, 15) is 8.78 Å². The molecule has 1 unspecified atom stereocenters. The van der Waals surface area contributed by atoms with Gasteiger partial charge in [0, 0.05) is 14.5 Å². The third-order valence-electron chi connectivity index (χ3n) is 2.48. The second kappa shape index (κ2) is 5.68. The maximum Gasteiger partial charge on any atom is 0.131 e. The second-order valence-electron chi connectivity index (χ2n) is 3.66. The molecule has 2 aromatic carbocycles. The van der Waals surface area contributed by atoms with Gasteiger partial charge in [-0.25, -0.2) is 8.78 Å². The van der Waals surface area contributed by atoms with Gasteiger partial charge in [-0.1, -0.05) is 37.9 Å². The summed E-state index contributed by atoms with van der Waals surface area (Å²) in [7, 11) is 0. The lowest BCUT2D eigenvalue weighted by atomic mass is 10.0. The van der Waals surface area contributed by atoms with Crippen LogP contribution in [0.15, 0.2) is 45.3 Å². The van der Waals surface area contributed by atoms with E-state index >= 15 is 0 Å². The number of alkyl halides is 1. The molecule has 0 heterocycles. The third-order valence-corrected chi connectivity index (χ3v) is 4.15. The standard InChI is InChI=1S/C13H7Br2ClF2/c14-7-4-5-9(15)8(6-7)13(16)12-10(17)2-1-3-11(12)18/h1-6,13H. The zero-order valence-corrected chi connectivity index (χ0v) is 12.9. The summed E-state index contributed by atoms with van der Waals surface area (Å²) in [6.45, 7) is 0. The fourth-order valence-corrected chi connectivity index (χ4v) is 2.99. The van der Waals surface area contributed by atoms with E-state index in [-0.39, 0.29) is 5.56 Å². The van der Waals surface area contributed by atoms with Crippen LogP contribution in [0.4, 0.5) is 8.78 Å². The van der Waals surface area contributed by atoms with Crippen LogP contribution in [-0.4, -0.2) is 0 Å². The van der Waals surface area contributed by atoms with Gasteiger partial charge in [0.05, 0.1) is 5.38 Å². The lowest BCUT2D eigenvalue weighted by Gasteiger charge is -2.14. The molecule has 0 aliphatic rings. The van der Waals surface area contributed by atoms with Gasteiger partial charge >= 0.3 is 0 Å². The summed E-state index contributed by atoms with van der Waals surface area (Å²) in [6, 6.07) is 9.02. The molecule has 94 valence electrons.